The minimum atomic E-state index is -1.13. The van der Waals surface area contributed by atoms with Crippen LogP contribution < -0.4 is 0 Å². The molecule has 28 heavy (non-hydrogen) atoms. The van der Waals surface area contributed by atoms with E-state index in [9.17, 15) is 5.11 Å². The van der Waals surface area contributed by atoms with Crippen LogP contribution in [0.3, 0.4) is 0 Å². The second-order valence-electron chi connectivity index (χ2n) is 7.68. The van der Waals surface area contributed by atoms with Crippen molar-refractivity contribution in [2.24, 2.45) is 0 Å². The van der Waals surface area contributed by atoms with Crippen LogP contribution in [0.25, 0.3) is 0 Å². The van der Waals surface area contributed by atoms with Crippen LogP contribution in [0.1, 0.15) is 49.3 Å². The fourth-order valence-electron chi connectivity index (χ4n) is 4.27. The van der Waals surface area contributed by atoms with E-state index in [0.717, 1.165) is 42.4 Å². The second kappa shape index (κ2) is 9.03. The minimum absolute atomic E-state index is 0.474. The summed E-state index contributed by atoms with van der Waals surface area (Å²) < 4.78 is 0. The molecule has 144 valence electrons. The van der Waals surface area contributed by atoms with Gasteiger partial charge in [-0.15, -0.1) is 6.58 Å². The Morgan fingerprint density at radius 1 is 0.714 bits per heavy atom. The molecule has 3 aromatic rings. The number of aliphatic hydroxyl groups is 1. The van der Waals surface area contributed by atoms with Gasteiger partial charge in [-0.3, -0.25) is 0 Å². The van der Waals surface area contributed by atoms with E-state index in [-0.39, 0.29) is 0 Å². The number of hydrogen-bond donors (Lipinski definition) is 1. The van der Waals surface area contributed by atoms with E-state index in [0.29, 0.717) is 0 Å². The summed E-state index contributed by atoms with van der Waals surface area (Å²) in [4.78, 5) is 0. The lowest BCUT2D eigenvalue weighted by atomic mass is 9.60. The number of unbranched alkanes of at least 4 members (excludes halogenated alkanes) is 2. The molecule has 0 bridgehead atoms. The van der Waals surface area contributed by atoms with Gasteiger partial charge in [0.25, 0.3) is 0 Å². The molecule has 1 heteroatoms. The highest BCUT2D eigenvalue weighted by Crippen LogP contribution is 2.49. The lowest BCUT2D eigenvalue weighted by Gasteiger charge is -2.47. The van der Waals surface area contributed by atoms with Gasteiger partial charge >= 0.3 is 0 Å². The second-order valence-corrected chi connectivity index (χ2v) is 7.68. The third kappa shape index (κ3) is 3.81. The molecule has 0 saturated carbocycles. The average Bonchev–Trinajstić information content (AvgIpc) is 2.77. The first-order valence-electron chi connectivity index (χ1n) is 10.1. The molecule has 0 aliphatic rings. The molecular weight excluding hydrogens is 340 g/mol. The van der Waals surface area contributed by atoms with Crippen molar-refractivity contribution in [3.05, 3.63) is 120 Å². The Hall–Kier alpha value is -2.64. The van der Waals surface area contributed by atoms with Crippen molar-refractivity contribution >= 4 is 0 Å². The van der Waals surface area contributed by atoms with Gasteiger partial charge in [0, 0.05) is 5.41 Å². The lowest BCUT2D eigenvalue weighted by Crippen LogP contribution is -2.48. The molecule has 3 aromatic carbocycles. The van der Waals surface area contributed by atoms with Crippen LogP contribution in [0.4, 0.5) is 0 Å². The maximum Gasteiger partial charge on any atom is 0.124 e. The fourth-order valence-corrected chi connectivity index (χ4v) is 4.27. The summed E-state index contributed by atoms with van der Waals surface area (Å²) in [6.07, 6.45) is 5.95. The first kappa shape index (κ1) is 20.1. The molecule has 0 amide bonds. The molecule has 0 heterocycles. The zero-order chi connectivity index (χ0) is 19.9. The van der Waals surface area contributed by atoms with Crippen molar-refractivity contribution in [3.8, 4) is 0 Å². The van der Waals surface area contributed by atoms with Gasteiger partial charge in [0.2, 0.25) is 0 Å². The Kier molecular flexibility index (Phi) is 6.49. The third-order valence-electron chi connectivity index (χ3n) is 5.93. The molecule has 0 radical (unpaired) electrons. The smallest absolute Gasteiger partial charge is 0.124 e. The monoisotopic (exact) mass is 370 g/mol. The summed E-state index contributed by atoms with van der Waals surface area (Å²) in [5.41, 5.74) is 1.40. The zero-order valence-electron chi connectivity index (χ0n) is 16.7. The number of hydrogen-bond acceptors (Lipinski definition) is 1. The van der Waals surface area contributed by atoms with Gasteiger partial charge in [0.15, 0.2) is 0 Å². The summed E-state index contributed by atoms with van der Waals surface area (Å²) in [5, 5.41) is 12.5. The van der Waals surface area contributed by atoms with Crippen molar-refractivity contribution in [2.45, 2.75) is 43.6 Å². The maximum absolute atomic E-state index is 12.5. The van der Waals surface area contributed by atoms with Crippen molar-refractivity contribution in [1.29, 1.82) is 0 Å². The normalized spacial score (nSPS) is 13.6. The van der Waals surface area contributed by atoms with Crippen molar-refractivity contribution in [2.75, 3.05) is 0 Å². The van der Waals surface area contributed by atoms with Gasteiger partial charge in [0.1, 0.15) is 5.60 Å². The fraction of sp³-hybridized carbons (Fsp3) is 0.259. The molecule has 0 aromatic heterocycles. The van der Waals surface area contributed by atoms with Gasteiger partial charge in [-0.2, -0.15) is 0 Å². The topological polar surface area (TPSA) is 20.2 Å². The molecule has 0 aliphatic heterocycles. The largest absolute Gasteiger partial charge is 0.379 e. The summed E-state index contributed by atoms with van der Waals surface area (Å²) in [6, 6.07) is 30.6. The summed E-state index contributed by atoms with van der Waals surface area (Å²) in [6.45, 7) is 6.05. The lowest BCUT2D eigenvalue weighted by molar-refractivity contribution is -0.00606. The molecule has 1 unspecified atom stereocenters. The van der Waals surface area contributed by atoms with Crippen molar-refractivity contribution in [1.82, 2.24) is 0 Å². The average molecular weight is 371 g/mol. The van der Waals surface area contributed by atoms with Crippen LogP contribution in [-0.4, -0.2) is 5.11 Å². The predicted octanol–water partition coefficient (Wildman–Crippen LogP) is 6.63. The molecular formula is C27H30O. The van der Waals surface area contributed by atoms with Crippen LogP contribution in [-0.2, 0) is 11.0 Å². The van der Waals surface area contributed by atoms with E-state index in [1.165, 1.54) is 0 Å². The molecule has 0 saturated heterocycles. The van der Waals surface area contributed by atoms with E-state index in [1.807, 2.05) is 72.8 Å². The first-order valence-corrected chi connectivity index (χ1v) is 10.1. The Balaban J connectivity index is 2.18. The van der Waals surface area contributed by atoms with E-state index < -0.39 is 11.0 Å². The van der Waals surface area contributed by atoms with E-state index in [4.69, 9.17) is 0 Å². The number of benzene rings is 3. The van der Waals surface area contributed by atoms with Crippen molar-refractivity contribution < 1.29 is 5.11 Å². The Labute approximate surface area is 169 Å². The molecule has 0 fully saturated rings. The Morgan fingerprint density at radius 2 is 1.14 bits per heavy atom. The van der Waals surface area contributed by atoms with Crippen LogP contribution >= 0.6 is 0 Å². The van der Waals surface area contributed by atoms with Gasteiger partial charge < -0.3 is 5.11 Å². The summed E-state index contributed by atoms with van der Waals surface area (Å²) in [7, 11) is 0. The number of rotatable bonds is 9. The summed E-state index contributed by atoms with van der Waals surface area (Å²) >= 11 is 0. The highest BCUT2D eigenvalue weighted by Gasteiger charge is 2.49. The molecule has 3 rings (SSSR count). The Bertz CT molecular complexity index is 815. The zero-order valence-corrected chi connectivity index (χ0v) is 16.7. The quantitative estimate of drug-likeness (QED) is 0.331. The standard InChI is InChI=1S/C27H30O/c1-3-4-5-15-22-26(2,23-16-9-6-10-17-23)27(28,24-18-11-7-12-19-24)25-20-13-8-14-21-25/h3,6-14,16-21,28H,1,4-5,15,22H2,2H3. The van der Waals surface area contributed by atoms with Gasteiger partial charge in [-0.05, 0) is 36.0 Å². The highest BCUT2D eigenvalue weighted by atomic mass is 16.3. The first-order chi connectivity index (χ1) is 13.6. The molecule has 0 spiro atoms. The Morgan fingerprint density at radius 3 is 1.57 bits per heavy atom. The molecule has 0 aliphatic carbocycles. The summed E-state index contributed by atoms with van der Waals surface area (Å²) in [5.74, 6) is 0. The molecule has 1 atom stereocenters. The maximum atomic E-state index is 12.5. The molecule has 1 nitrogen and oxygen atoms in total. The highest BCUT2D eigenvalue weighted by molar-refractivity contribution is 5.45. The molecule has 1 N–H and O–H groups in total. The van der Waals surface area contributed by atoms with Gasteiger partial charge in [-0.25, -0.2) is 0 Å². The van der Waals surface area contributed by atoms with E-state index in [2.05, 4.69) is 37.8 Å². The predicted molar refractivity (Wildman–Crippen MR) is 118 cm³/mol. The van der Waals surface area contributed by atoms with Crippen LogP contribution in [0.5, 0.6) is 0 Å². The minimum Gasteiger partial charge on any atom is -0.379 e. The number of allylic oxidation sites excluding steroid dienone is 1. The van der Waals surface area contributed by atoms with Crippen LogP contribution in [0.15, 0.2) is 104 Å². The van der Waals surface area contributed by atoms with Crippen molar-refractivity contribution in [3.63, 3.8) is 0 Å². The van der Waals surface area contributed by atoms with Crippen LogP contribution in [0, 0.1) is 0 Å². The van der Waals surface area contributed by atoms with Gasteiger partial charge in [-0.1, -0.05) is 110 Å². The third-order valence-corrected chi connectivity index (χ3v) is 5.93. The van der Waals surface area contributed by atoms with E-state index >= 15 is 0 Å². The van der Waals surface area contributed by atoms with Crippen LogP contribution in [0.2, 0.25) is 0 Å². The van der Waals surface area contributed by atoms with Gasteiger partial charge in [0.05, 0.1) is 0 Å². The SMILES string of the molecule is C=CCCCCC(C)(c1ccccc1)C(O)(c1ccccc1)c1ccccc1. The van der Waals surface area contributed by atoms with E-state index in [1.54, 1.807) is 0 Å².